The van der Waals surface area contributed by atoms with E-state index in [1.54, 1.807) is 0 Å². The Hall–Kier alpha value is -1.51. The molecule has 0 heterocycles. The van der Waals surface area contributed by atoms with Gasteiger partial charge in [-0.25, -0.2) is 4.79 Å². The minimum atomic E-state index is -0.404. The van der Waals surface area contributed by atoms with E-state index < -0.39 is 6.09 Å². The van der Waals surface area contributed by atoms with E-state index in [-0.39, 0.29) is 6.10 Å². The Morgan fingerprint density at radius 3 is 2.44 bits per heavy atom. The molecular formula is C13H19NO2. The molecule has 0 saturated heterocycles. The number of nitrogens with one attached hydrogen (secondary N) is 1. The van der Waals surface area contributed by atoms with Crippen molar-refractivity contribution in [3.8, 4) is 0 Å². The zero-order chi connectivity index (χ0) is 12.0. The molecule has 0 atom stereocenters. The lowest BCUT2D eigenvalue weighted by atomic mass is 10.1. The smallest absolute Gasteiger partial charge is 0.411 e. The fourth-order valence-corrected chi connectivity index (χ4v) is 1.40. The van der Waals surface area contributed by atoms with Gasteiger partial charge in [0.05, 0.1) is 6.10 Å². The van der Waals surface area contributed by atoms with E-state index in [1.807, 2.05) is 38.1 Å². The van der Waals surface area contributed by atoms with Gasteiger partial charge >= 0.3 is 6.09 Å². The Bertz CT molecular complexity index is 330. The lowest BCUT2D eigenvalue weighted by molar-refractivity contribution is 0.130. The average Bonchev–Trinajstić information content (AvgIpc) is 2.20. The number of carbonyl (C=O) groups is 1. The average molecular weight is 221 g/mol. The summed E-state index contributed by atoms with van der Waals surface area (Å²) < 4.78 is 4.98. The number of carbonyl (C=O) groups excluding carboxylic acids is 1. The van der Waals surface area contributed by atoms with Gasteiger partial charge in [-0.3, -0.25) is 5.32 Å². The lowest BCUT2D eigenvalue weighted by Gasteiger charge is -2.09. The Kier molecular flexibility index (Phi) is 4.83. The zero-order valence-corrected chi connectivity index (χ0v) is 10.1. The standard InChI is InChI=1S/C13H19NO2/c1-4-5-11-6-8-12(9-7-11)14-13(15)16-10(2)3/h6-10H,4-5H2,1-3H3,(H,14,15). The number of aryl methyl sites for hydroxylation is 1. The summed E-state index contributed by atoms with van der Waals surface area (Å²) in [4.78, 5) is 11.3. The molecule has 1 N–H and O–H groups in total. The minimum Gasteiger partial charge on any atom is -0.447 e. The van der Waals surface area contributed by atoms with Gasteiger partial charge in [-0.2, -0.15) is 0 Å². The molecular weight excluding hydrogens is 202 g/mol. The molecule has 0 fully saturated rings. The van der Waals surface area contributed by atoms with Crippen molar-refractivity contribution in [2.75, 3.05) is 5.32 Å². The number of ether oxygens (including phenoxy) is 1. The number of anilines is 1. The van der Waals surface area contributed by atoms with E-state index in [4.69, 9.17) is 4.74 Å². The summed E-state index contributed by atoms with van der Waals surface area (Å²) in [5, 5.41) is 2.68. The van der Waals surface area contributed by atoms with Crippen LogP contribution < -0.4 is 5.32 Å². The van der Waals surface area contributed by atoms with Gasteiger partial charge in [-0.1, -0.05) is 25.5 Å². The highest BCUT2D eigenvalue weighted by Gasteiger charge is 2.04. The molecule has 0 saturated carbocycles. The summed E-state index contributed by atoms with van der Waals surface area (Å²) in [6, 6.07) is 7.84. The molecule has 88 valence electrons. The molecule has 3 heteroatoms. The summed E-state index contributed by atoms with van der Waals surface area (Å²) in [5.74, 6) is 0. The normalized spacial score (nSPS) is 10.2. The van der Waals surface area contributed by atoms with Crippen LogP contribution in [0.1, 0.15) is 32.8 Å². The van der Waals surface area contributed by atoms with Gasteiger partial charge in [-0.05, 0) is 38.0 Å². The Labute approximate surface area is 96.8 Å². The molecule has 1 amide bonds. The summed E-state index contributed by atoms with van der Waals surface area (Å²) >= 11 is 0. The molecule has 0 aliphatic carbocycles. The lowest BCUT2D eigenvalue weighted by Crippen LogP contribution is -2.17. The van der Waals surface area contributed by atoms with Crippen molar-refractivity contribution in [1.82, 2.24) is 0 Å². The molecule has 0 aliphatic heterocycles. The van der Waals surface area contributed by atoms with Crippen molar-refractivity contribution in [3.63, 3.8) is 0 Å². The fourth-order valence-electron chi connectivity index (χ4n) is 1.40. The van der Waals surface area contributed by atoms with E-state index in [1.165, 1.54) is 5.56 Å². The maximum Gasteiger partial charge on any atom is 0.411 e. The number of hydrogen-bond donors (Lipinski definition) is 1. The second-order valence-electron chi connectivity index (χ2n) is 4.03. The Morgan fingerprint density at radius 1 is 1.31 bits per heavy atom. The summed E-state index contributed by atoms with van der Waals surface area (Å²) in [7, 11) is 0. The van der Waals surface area contributed by atoms with Crippen molar-refractivity contribution in [2.45, 2.75) is 39.7 Å². The van der Waals surface area contributed by atoms with E-state index in [2.05, 4.69) is 12.2 Å². The van der Waals surface area contributed by atoms with Crippen molar-refractivity contribution < 1.29 is 9.53 Å². The summed E-state index contributed by atoms with van der Waals surface area (Å²) in [6.45, 7) is 5.79. The van der Waals surface area contributed by atoms with Gasteiger partial charge in [0, 0.05) is 5.69 Å². The fraction of sp³-hybridized carbons (Fsp3) is 0.462. The third-order valence-electron chi connectivity index (χ3n) is 2.08. The van der Waals surface area contributed by atoms with Crippen LogP contribution in [-0.2, 0) is 11.2 Å². The Morgan fingerprint density at radius 2 is 1.94 bits per heavy atom. The highest BCUT2D eigenvalue weighted by Crippen LogP contribution is 2.11. The van der Waals surface area contributed by atoms with Crippen LogP contribution in [0.15, 0.2) is 24.3 Å². The number of hydrogen-bond acceptors (Lipinski definition) is 2. The molecule has 16 heavy (non-hydrogen) atoms. The van der Waals surface area contributed by atoms with Crippen LogP contribution in [0, 0.1) is 0 Å². The van der Waals surface area contributed by atoms with Gasteiger partial charge < -0.3 is 4.74 Å². The molecule has 0 radical (unpaired) electrons. The third-order valence-corrected chi connectivity index (χ3v) is 2.08. The van der Waals surface area contributed by atoms with Gasteiger partial charge in [-0.15, -0.1) is 0 Å². The first kappa shape index (κ1) is 12.6. The summed E-state index contributed by atoms with van der Waals surface area (Å²) in [5.41, 5.74) is 2.05. The van der Waals surface area contributed by atoms with Gasteiger partial charge in [0.1, 0.15) is 0 Å². The van der Waals surface area contributed by atoms with E-state index in [0.29, 0.717) is 0 Å². The largest absolute Gasteiger partial charge is 0.447 e. The van der Waals surface area contributed by atoms with Crippen LogP contribution in [0.25, 0.3) is 0 Å². The van der Waals surface area contributed by atoms with Crippen LogP contribution in [0.3, 0.4) is 0 Å². The molecule has 3 nitrogen and oxygen atoms in total. The molecule has 0 aromatic heterocycles. The maximum atomic E-state index is 11.3. The van der Waals surface area contributed by atoms with E-state index in [0.717, 1.165) is 18.5 Å². The molecule has 0 unspecified atom stereocenters. The quantitative estimate of drug-likeness (QED) is 0.843. The van der Waals surface area contributed by atoms with Crippen LogP contribution in [-0.4, -0.2) is 12.2 Å². The van der Waals surface area contributed by atoms with Crippen LogP contribution in [0.2, 0.25) is 0 Å². The minimum absolute atomic E-state index is 0.0978. The van der Waals surface area contributed by atoms with Crippen LogP contribution >= 0.6 is 0 Å². The highest BCUT2D eigenvalue weighted by atomic mass is 16.6. The third kappa shape index (κ3) is 4.34. The Balaban J connectivity index is 2.51. The first-order valence-electron chi connectivity index (χ1n) is 5.68. The van der Waals surface area contributed by atoms with Crippen molar-refractivity contribution in [2.24, 2.45) is 0 Å². The molecule has 1 rings (SSSR count). The van der Waals surface area contributed by atoms with E-state index in [9.17, 15) is 4.79 Å². The van der Waals surface area contributed by atoms with Crippen LogP contribution in [0.5, 0.6) is 0 Å². The first-order chi connectivity index (χ1) is 7.61. The number of rotatable bonds is 4. The SMILES string of the molecule is CCCc1ccc(NC(=O)OC(C)C)cc1. The topological polar surface area (TPSA) is 38.3 Å². The van der Waals surface area contributed by atoms with Crippen molar-refractivity contribution in [1.29, 1.82) is 0 Å². The molecule has 0 spiro atoms. The highest BCUT2D eigenvalue weighted by molar-refractivity contribution is 5.84. The zero-order valence-electron chi connectivity index (χ0n) is 10.1. The predicted molar refractivity (Wildman–Crippen MR) is 65.7 cm³/mol. The number of benzene rings is 1. The second kappa shape index (κ2) is 6.16. The van der Waals surface area contributed by atoms with Crippen LogP contribution in [0.4, 0.5) is 10.5 Å². The molecule has 1 aromatic carbocycles. The summed E-state index contributed by atoms with van der Waals surface area (Å²) in [6.07, 6.45) is 1.69. The van der Waals surface area contributed by atoms with Crippen molar-refractivity contribution >= 4 is 11.8 Å². The predicted octanol–water partition coefficient (Wildman–Crippen LogP) is 3.60. The maximum absolute atomic E-state index is 11.3. The van der Waals surface area contributed by atoms with Crippen molar-refractivity contribution in [3.05, 3.63) is 29.8 Å². The number of amides is 1. The monoisotopic (exact) mass is 221 g/mol. The molecule has 0 bridgehead atoms. The van der Waals surface area contributed by atoms with E-state index >= 15 is 0 Å². The second-order valence-corrected chi connectivity index (χ2v) is 4.03. The first-order valence-corrected chi connectivity index (χ1v) is 5.68. The van der Waals surface area contributed by atoms with Gasteiger partial charge in [0.2, 0.25) is 0 Å². The van der Waals surface area contributed by atoms with Gasteiger partial charge in [0.25, 0.3) is 0 Å². The molecule has 1 aromatic rings. The van der Waals surface area contributed by atoms with Gasteiger partial charge in [0.15, 0.2) is 0 Å². The molecule has 0 aliphatic rings.